The first-order chi connectivity index (χ1) is 12.7. The van der Waals surface area contributed by atoms with Gasteiger partial charge in [0.05, 0.1) is 26.3 Å². The zero-order valence-electron chi connectivity index (χ0n) is 14.5. The first-order valence-electron chi connectivity index (χ1n) is 8.33. The molecule has 0 fully saturated rings. The van der Waals surface area contributed by atoms with E-state index in [-0.39, 0.29) is 12.1 Å². The number of ether oxygens (including phenoxy) is 2. The van der Waals surface area contributed by atoms with Crippen molar-refractivity contribution in [3.63, 3.8) is 0 Å². The van der Waals surface area contributed by atoms with Crippen LogP contribution in [0.4, 0.5) is 5.95 Å². The Morgan fingerprint density at radius 1 is 1.15 bits per heavy atom. The van der Waals surface area contributed by atoms with Crippen LogP contribution in [-0.2, 0) is 0 Å². The molecular weight excluding hydrogens is 396 g/mol. The van der Waals surface area contributed by atoms with E-state index in [9.17, 15) is 0 Å². The van der Waals surface area contributed by atoms with Crippen molar-refractivity contribution in [2.45, 2.75) is 18.5 Å². The predicted molar refractivity (Wildman–Crippen MR) is 103 cm³/mol. The molecule has 2 heterocycles. The molecule has 0 saturated carbocycles. The quantitative estimate of drug-likeness (QED) is 0.692. The number of benzene rings is 2. The zero-order chi connectivity index (χ0) is 18.1. The summed E-state index contributed by atoms with van der Waals surface area (Å²) < 4.78 is 14.0. The lowest BCUT2D eigenvalue weighted by atomic mass is 9.92. The molecule has 4 rings (SSSR count). The summed E-state index contributed by atoms with van der Waals surface area (Å²) in [7, 11) is 3.35. The molecule has 1 aliphatic heterocycles. The van der Waals surface area contributed by atoms with Gasteiger partial charge in [0, 0.05) is 10.0 Å². The number of rotatable bonds is 4. The number of methoxy groups -OCH3 is 2. The summed E-state index contributed by atoms with van der Waals surface area (Å²) in [5, 5.41) is 7.91. The van der Waals surface area contributed by atoms with Gasteiger partial charge in [-0.3, -0.25) is 0 Å². The van der Waals surface area contributed by atoms with E-state index in [1.165, 1.54) is 5.56 Å². The molecule has 2 atom stereocenters. The minimum atomic E-state index is -0.0113. The number of aromatic nitrogens is 3. The monoisotopic (exact) mass is 414 g/mol. The van der Waals surface area contributed by atoms with E-state index in [1.54, 1.807) is 20.5 Å². The molecule has 0 unspecified atom stereocenters. The molecule has 7 heteroatoms. The Morgan fingerprint density at radius 3 is 2.81 bits per heavy atom. The molecule has 1 N–H and O–H groups in total. The smallest absolute Gasteiger partial charge is 0.222 e. The Hall–Kier alpha value is -2.54. The number of hydrogen-bond donors (Lipinski definition) is 1. The van der Waals surface area contributed by atoms with Crippen LogP contribution in [-0.4, -0.2) is 29.0 Å². The Morgan fingerprint density at radius 2 is 2.04 bits per heavy atom. The number of hydrogen-bond acceptors (Lipinski definition) is 5. The Bertz CT molecular complexity index is 927. The summed E-state index contributed by atoms with van der Waals surface area (Å²) in [6.07, 6.45) is 2.39. The van der Waals surface area contributed by atoms with Crippen molar-refractivity contribution in [1.82, 2.24) is 14.8 Å². The van der Waals surface area contributed by atoms with Gasteiger partial charge in [-0.15, -0.1) is 0 Å². The van der Waals surface area contributed by atoms with Crippen molar-refractivity contribution in [1.29, 1.82) is 0 Å². The number of nitrogens with zero attached hydrogens (tertiary/aromatic N) is 3. The third-order valence-electron chi connectivity index (χ3n) is 4.68. The molecule has 3 aromatic rings. The molecule has 0 amide bonds. The maximum Gasteiger partial charge on any atom is 0.222 e. The summed E-state index contributed by atoms with van der Waals surface area (Å²) in [5.74, 6) is 2.35. The van der Waals surface area contributed by atoms with E-state index < -0.39 is 0 Å². The third-order valence-corrected chi connectivity index (χ3v) is 5.17. The highest BCUT2D eigenvalue weighted by Gasteiger charge is 2.32. The van der Waals surface area contributed by atoms with E-state index in [4.69, 9.17) is 9.47 Å². The van der Waals surface area contributed by atoms with Crippen LogP contribution >= 0.6 is 15.9 Å². The summed E-state index contributed by atoms with van der Waals surface area (Å²) in [4.78, 5) is 4.39. The average molecular weight is 415 g/mol. The Kier molecular flexibility index (Phi) is 4.55. The molecule has 6 nitrogen and oxygen atoms in total. The van der Waals surface area contributed by atoms with Crippen molar-refractivity contribution in [3.05, 3.63) is 64.4 Å². The van der Waals surface area contributed by atoms with Crippen LogP contribution in [0.3, 0.4) is 0 Å². The van der Waals surface area contributed by atoms with Crippen LogP contribution in [0.1, 0.15) is 29.6 Å². The Labute approximate surface area is 160 Å². The number of nitrogens with one attached hydrogen (secondary N) is 1. The van der Waals surface area contributed by atoms with E-state index in [1.807, 2.05) is 35.0 Å². The van der Waals surface area contributed by atoms with Gasteiger partial charge in [0.15, 0.2) is 0 Å². The van der Waals surface area contributed by atoms with Gasteiger partial charge in [-0.25, -0.2) is 4.68 Å². The number of halogens is 1. The van der Waals surface area contributed by atoms with Crippen LogP contribution in [0.15, 0.2) is 53.3 Å². The first-order valence-corrected chi connectivity index (χ1v) is 9.12. The SMILES string of the molecule is COc1ccc(OC)c([C@@H]2C[C@H](c3cccc(Br)c3)Nc3ncnn32)c1. The normalized spacial score (nSPS) is 18.7. The molecule has 0 saturated heterocycles. The molecular formula is C19H19BrN4O2. The van der Waals surface area contributed by atoms with Gasteiger partial charge in [-0.05, 0) is 42.3 Å². The van der Waals surface area contributed by atoms with Gasteiger partial charge in [0.1, 0.15) is 17.8 Å². The van der Waals surface area contributed by atoms with Crippen molar-refractivity contribution in [2.24, 2.45) is 0 Å². The van der Waals surface area contributed by atoms with Gasteiger partial charge in [-0.2, -0.15) is 10.1 Å². The standard InChI is InChI=1S/C19H19BrN4O2/c1-25-14-6-7-18(26-2)15(9-14)17-10-16(12-4-3-5-13(20)8-12)23-19-21-11-22-24(17)19/h3-9,11,16-17H,10H2,1-2H3,(H,21,22,23)/t16-,17+/m1/s1. The fraction of sp³-hybridized carbons (Fsp3) is 0.263. The summed E-state index contributed by atoms with van der Waals surface area (Å²) in [5.41, 5.74) is 2.22. The van der Waals surface area contributed by atoms with Crippen molar-refractivity contribution in [3.8, 4) is 11.5 Å². The maximum atomic E-state index is 5.60. The summed E-state index contributed by atoms with van der Waals surface area (Å²) >= 11 is 3.56. The second kappa shape index (κ2) is 6.99. The van der Waals surface area contributed by atoms with Crippen molar-refractivity contribution >= 4 is 21.9 Å². The van der Waals surface area contributed by atoms with Gasteiger partial charge in [0.25, 0.3) is 0 Å². The van der Waals surface area contributed by atoms with E-state index in [0.717, 1.165) is 33.9 Å². The van der Waals surface area contributed by atoms with Gasteiger partial charge >= 0.3 is 0 Å². The third kappa shape index (κ3) is 3.03. The van der Waals surface area contributed by atoms with E-state index >= 15 is 0 Å². The van der Waals surface area contributed by atoms with Gasteiger partial charge < -0.3 is 14.8 Å². The highest BCUT2D eigenvalue weighted by molar-refractivity contribution is 9.10. The first kappa shape index (κ1) is 16.9. The highest BCUT2D eigenvalue weighted by Crippen LogP contribution is 2.41. The van der Waals surface area contributed by atoms with Crippen LogP contribution < -0.4 is 14.8 Å². The highest BCUT2D eigenvalue weighted by atomic mass is 79.9. The second-order valence-electron chi connectivity index (χ2n) is 6.14. The molecule has 1 aliphatic rings. The molecule has 0 bridgehead atoms. The topological polar surface area (TPSA) is 61.2 Å². The lowest BCUT2D eigenvalue weighted by Crippen LogP contribution is -2.28. The number of fused-ring (bicyclic) bond motifs is 1. The molecule has 0 spiro atoms. The summed E-state index contributed by atoms with van der Waals surface area (Å²) in [6, 6.07) is 14.3. The van der Waals surface area contributed by atoms with Crippen LogP contribution in [0.25, 0.3) is 0 Å². The molecule has 2 aromatic carbocycles. The number of anilines is 1. The van der Waals surface area contributed by atoms with E-state index in [2.05, 4.69) is 43.5 Å². The average Bonchev–Trinajstić information content (AvgIpc) is 3.15. The van der Waals surface area contributed by atoms with Crippen LogP contribution in [0, 0.1) is 0 Å². The predicted octanol–water partition coefficient (Wildman–Crippen LogP) is 4.20. The molecule has 0 aliphatic carbocycles. The molecule has 0 radical (unpaired) electrons. The fourth-order valence-electron chi connectivity index (χ4n) is 3.42. The van der Waals surface area contributed by atoms with Gasteiger partial charge in [0.2, 0.25) is 5.95 Å². The Balaban J connectivity index is 1.79. The largest absolute Gasteiger partial charge is 0.497 e. The zero-order valence-corrected chi connectivity index (χ0v) is 16.1. The van der Waals surface area contributed by atoms with E-state index in [0.29, 0.717) is 0 Å². The van der Waals surface area contributed by atoms with Gasteiger partial charge in [-0.1, -0.05) is 28.1 Å². The van der Waals surface area contributed by atoms with Crippen molar-refractivity contribution < 1.29 is 9.47 Å². The molecule has 1 aromatic heterocycles. The second-order valence-corrected chi connectivity index (χ2v) is 7.06. The van der Waals surface area contributed by atoms with Crippen molar-refractivity contribution in [2.75, 3.05) is 19.5 Å². The van der Waals surface area contributed by atoms with Crippen LogP contribution in [0.5, 0.6) is 11.5 Å². The summed E-state index contributed by atoms with van der Waals surface area (Å²) in [6.45, 7) is 0. The minimum Gasteiger partial charge on any atom is -0.497 e. The fourth-order valence-corrected chi connectivity index (χ4v) is 3.84. The lowest BCUT2D eigenvalue weighted by Gasteiger charge is -2.32. The molecule has 26 heavy (non-hydrogen) atoms. The minimum absolute atomic E-state index is 0.0113. The maximum absolute atomic E-state index is 5.60. The lowest BCUT2D eigenvalue weighted by molar-refractivity contribution is 0.373. The van der Waals surface area contributed by atoms with Crippen LogP contribution in [0.2, 0.25) is 0 Å². The molecule has 134 valence electrons.